The molecule has 4 rings (SSSR count). The van der Waals surface area contributed by atoms with Crippen LogP contribution < -0.4 is 15.5 Å². The zero-order chi connectivity index (χ0) is 27.5. The molecule has 200 valence electrons. The molecule has 1 heterocycles. The molecule has 11 heteroatoms. The number of halogens is 2. The molecule has 0 radical (unpaired) electrons. The third-order valence-electron chi connectivity index (χ3n) is 5.44. The molecule has 0 aliphatic carbocycles. The van der Waals surface area contributed by atoms with E-state index in [0.29, 0.717) is 12.3 Å². The minimum atomic E-state index is -0.931. The molecule has 0 saturated carbocycles. The summed E-state index contributed by atoms with van der Waals surface area (Å²) in [5.74, 6) is 0.295. The summed E-state index contributed by atoms with van der Waals surface area (Å²) >= 11 is 4.43. The highest BCUT2D eigenvalue weighted by molar-refractivity contribution is 14.1. The van der Waals surface area contributed by atoms with Crippen LogP contribution in [0.5, 0.6) is 5.75 Å². The van der Waals surface area contributed by atoms with E-state index < -0.39 is 18.0 Å². The Bertz CT molecular complexity index is 1380. The van der Waals surface area contributed by atoms with E-state index in [0.717, 1.165) is 29.6 Å². The van der Waals surface area contributed by atoms with Crippen molar-refractivity contribution in [1.29, 1.82) is 0 Å². The number of carbonyl (C=O) groups is 2. The fraction of sp³-hybridized carbons (Fsp3) is 0.143. The highest BCUT2D eigenvalue weighted by Crippen LogP contribution is 2.29. The van der Waals surface area contributed by atoms with Gasteiger partial charge in [-0.05, 0) is 74.0 Å². The first kappa shape index (κ1) is 28.5. The number of benzene rings is 3. The molecule has 3 N–H and O–H groups in total. The van der Waals surface area contributed by atoms with Gasteiger partial charge in [0.1, 0.15) is 25.0 Å². The van der Waals surface area contributed by atoms with Crippen molar-refractivity contribution in [3.05, 3.63) is 115 Å². The second kappa shape index (κ2) is 14.6. The lowest BCUT2D eigenvalue weighted by atomic mass is 10.1. The predicted octanol–water partition coefficient (Wildman–Crippen LogP) is 5.19. The topological polar surface area (TPSA) is 118 Å². The maximum atomic E-state index is 12.9. The number of H-pyrrole nitrogens is 1. The van der Waals surface area contributed by atoms with Crippen LogP contribution in [-0.4, -0.2) is 34.2 Å². The third-order valence-corrected chi connectivity index (χ3v) is 7.04. The highest BCUT2D eigenvalue weighted by atomic mass is 127. The van der Waals surface area contributed by atoms with E-state index in [-0.39, 0.29) is 13.0 Å². The smallest absolute Gasteiger partial charge is 0.408 e. The first-order chi connectivity index (χ1) is 19.0. The lowest BCUT2D eigenvalue weighted by molar-refractivity contribution is -0.123. The molecule has 3 aromatic carbocycles. The average Bonchev–Trinajstić information content (AvgIpc) is 3.45. The van der Waals surface area contributed by atoms with Crippen LogP contribution in [-0.2, 0) is 29.2 Å². The number of hydrazone groups is 1. The number of carbonyl (C=O) groups excluding carboxylic acids is 2. The monoisotopic (exact) mass is 749 g/mol. The lowest BCUT2D eigenvalue weighted by Gasteiger charge is -2.16. The van der Waals surface area contributed by atoms with Gasteiger partial charge in [-0.1, -0.05) is 60.7 Å². The molecule has 9 nitrogen and oxygen atoms in total. The van der Waals surface area contributed by atoms with E-state index in [4.69, 9.17) is 9.47 Å². The van der Waals surface area contributed by atoms with E-state index in [2.05, 4.69) is 71.0 Å². The number of ether oxygens (including phenoxy) is 2. The first-order valence-corrected chi connectivity index (χ1v) is 14.1. The molecule has 1 atom stereocenters. The Morgan fingerprint density at radius 1 is 0.974 bits per heavy atom. The zero-order valence-corrected chi connectivity index (χ0v) is 25.0. The van der Waals surface area contributed by atoms with E-state index in [9.17, 15) is 9.59 Å². The van der Waals surface area contributed by atoms with Crippen LogP contribution >= 0.6 is 45.2 Å². The second-order valence-electron chi connectivity index (χ2n) is 8.36. The van der Waals surface area contributed by atoms with Gasteiger partial charge in [0.25, 0.3) is 5.91 Å². The summed E-state index contributed by atoms with van der Waals surface area (Å²) in [4.78, 5) is 32.3. The van der Waals surface area contributed by atoms with Crippen molar-refractivity contribution in [2.24, 2.45) is 5.10 Å². The van der Waals surface area contributed by atoms with Gasteiger partial charge >= 0.3 is 6.09 Å². The summed E-state index contributed by atoms with van der Waals surface area (Å²) in [6.07, 6.45) is 4.12. The van der Waals surface area contributed by atoms with Crippen LogP contribution in [0.15, 0.2) is 90.4 Å². The quantitative estimate of drug-likeness (QED) is 0.111. The molecule has 0 spiro atoms. The fourth-order valence-electron chi connectivity index (χ4n) is 3.50. The van der Waals surface area contributed by atoms with Gasteiger partial charge in [0.2, 0.25) is 0 Å². The minimum Gasteiger partial charge on any atom is -0.487 e. The fourth-order valence-corrected chi connectivity index (χ4v) is 5.63. The molecule has 0 bridgehead atoms. The van der Waals surface area contributed by atoms with Crippen LogP contribution in [0.25, 0.3) is 0 Å². The Balaban J connectivity index is 1.35. The minimum absolute atomic E-state index is 0.0888. The van der Waals surface area contributed by atoms with Gasteiger partial charge in [-0.15, -0.1) is 0 Å². The summed E-state index contributed by atoms with van der Waals surface area (Å²) in [7, 11) is 0. The van der Waals surface area contributed by atoms with Crippen LogP contribution in [0.3, 0.4) is 0 Å². The number of rotatable bonds is 11. The summed E-state index contributed by atoms with van der Waals surface area (Å²) in [5, 5.41) is 6.72. The first-order valence-electron chi connectivity index (χ1n) is 11.9. The number of amides is 2. The Labute approximate surface area is 253 Å². The SMILES string of the molecule is O=C(N[C@@H](Cc1cnc[nH]1)C(=O)N/N=C\c1cc(I)c(OCc2ccccc2)c(I)c1)OCc1ccccc1. The summed E-state index contributed by atoms with van der Waals surface area (Å²) in [5.41, 5.74) is 5.90. The number of nitrogens with one attached hydrogen (secondary N) is 3. The molecule has 1 aromatic heterocycles. The Morgan fingerprint density at radius 3 is 2.23 bits per heavy atom. The summed E-state index contributed by atoms with van der Waals surface area (Å²) in [6.45, 7) is 0.556. The van der Waals surface area contributed by atoms with Gasteiger partial charge in [0, 0.05) is 18.3 Å². The van der Waals surface area contributed by atoms with Gasteiger partial charge in [0.05, 0.1) is 19.7 Å². The molecule has 0 aliphatic rings. The molecular weight excluding hydrogens is 724 g/mol. The molecule has 0 saturated heterocycles. The molecular formula is C28H25I2N5O4. The maximum absolute atomic E-state index is 12.9. The molecule has 4 aromatic rings. The van der Waals surface area contributed by atoms with Crippen molar-refractivity contribution in [3.63, 3.8) is 0 Å². The van der Waals surface area contributed by atoms with Crippen molar-refractivity contribution in [1.82, 2.24) is 20.7 Å². The Morgan fingerprint density at radius 2 is 1.62 bits per heavy atom. The number of hydrogen-bond acceptors (Lipinski definition) is 6. The highest BCUT2D eigenvalue weighted by Gasteiger charge is 2.22. The maximum Gasteiger partial charge on any atom is 0.408 e. The zero-order valence-electron chi connectivity index (χ0n) is 20.6. The predicted molar refractivity (Wildman–Crippen MR) is 164 cm³/mol. The number of aromatic nitrogens is 2. The molecule has 0 unspecified atom stereocenters. The molecule has 0 fully saturated rings. The summed E-state index contributed by atoms with van der Waals surface area (Å²) in [6, 6.07) is 22.1. The van der Waals surface area contributed by atoms with Crippen LogP contribution in [0.2, 0.25) is 0 Å². The van der Waals surface area contributed by atoms with Gasteiger partial charge in [-0.2, -0.15) is 5.10 Å². The molecule has 0 aliphatic heterocycles. The largest absolute Gasteiger partial charge is 0.487 e. The van der Waals surface area contributed by atoms with Crippen molar-refractivity contribution in [2.75, 3.05) is 0 Å². The lowest BCUT2D eigenvalue weighted by Crippen LogP contribution is -2.47. The van der Waals surface area contributed by atoms with Crippen LogP contribution in [0, 0.1) is 7.14 Å². The van der Waals surface area contributed by atoms with Crippen molar-refractivity contribution in [3.8, 4) is 5.75 Å². The second-order valence-corrected chi connectivity index (χ2v) is 10.7. The third kappa shape index (κ3) is 9.06. The average molecular weight is 749 g/mol. The van der Waals surface area contributed by atoms with Gasteiger partial charge in [-0.25, -0.2) is 15.2 Å². The number of aromatic amines is 1. The van der Waals surface area contributed by atoms with Crippen molar-refractivity contribution in [2.45, 2.75) is 25.7 Å². The van der Waals surface area contributed by atoms with E-state index in [1.165, 1.54) is 6.33 Å². The molecule has 39 heavy (non-hydrogen) atoms. The van der Waals surface area contributed by atoms with E-state index in [1.807, 2.05) is 72.8 Å². The van der Waals surface area contributed by atoms with E-state index >= 15 is 0 Å². The van der Waals surface area contributed by atoms with Gasteiger partial charge < -0.3 is 19.8 Å². The van der Waals surface area contributed by atoms with Crippen molar-refractivity contribution >= 4 is 63.4 Å². The van der Waals surface area contributed by atoms with Gasteiger partial charge in [0.15, 0.2) is 0 Å². The number of hydrogen-bond donors (Lipinski definition) is 3. The Kier molecular flexibility index (Phi) is 10.7. The summed E-state index contributed by atoms with van der Waals surface area (Å²) < 4.78 is 13.1. The van der Waals surface area contributed by atoms with Gasteiger partial charge in [-0.3, -0.25) is 4.79 Å². The molecule has 2 amide bonds. The number of nitrogens with zero attached hydrogens (tertiary/aromatic N) is 2. The number of imidazole rings is 1. The Hall–Kier alpha value is -3.46. The van der Waals surface area contributed by atoms with Crippen molar-refractivity contribution < 1.29 is 19.1 Å². The standard InChI is InChI=1S/C28H25I2N5O4/c29-23-11-21(12-24(30)26(23)38-16-19-7-3-1-4-8-19)14-33-35-27(36)25(13-22-15-31-18-32-22)34-28(37)39-17-20-9-5-2-6-10-20/h1-12,14-15,18,25H,13,16-17H2,(H,31,32)(H,34,37)(H,35,36)/b33-14-/t25-/m0/s1. The number of alkyl carbamates (subject to hydrolysis) is 1. The van der Waals surface area contributed by atoms with E-state index in [1.54, 1.807) is 12.4 Å². The van der Waals surface area contributed by atoms with Crippen LogP contribution in [0.1, 0.15) is 22.4 Å². The van der Waals surface area contributed by atoms with Crippen LogP contribution in [0.4, 0.5) is 4.79 Å². The normalized spacial score (nSPS) is 11.6.